The molecule has 0 radical (unpaired) electrons. The molecule has 1 amide bonds. The fraction of sp³-hybridized carbons (Fsp3) is 0.250. The SMILES string of the molecule is O=C(NC1CCN(Cc2ccccc2)CC1)c1cccc(-n2nnc3cccnc32)c1. The molecule has 0 bridgehead atoms. The fourth-order valence-corrected chi connectivity index (χ4v) is 4.06. The average molecular weight is 412 g/mol. The van der Waals surface area contributed by atoms with Crippen LogP contribution in [0, 0.1) is 0 Å². The molecule has 2 aromatic heterocycles. The van der Waals surface area contributed by atoms with Crippen LogP contribution in [0.2, 0.25) is 0 Å². The van der Waals surface area contributed by atoms with Crippen LogP contribution in [0.3, 0.4) is 0 Å². The van der Waals surface area contributed by atoms with Crippen LogP contribution >= 0.6 is 0 Å². The third kappa shape index (κ3) is 4.32. The Balaban J connectivity index is 1.22. The number of nitrogens with zero attached hydrogens (tertiary/aromatic N) is 5. The third-order valence-corrected chi connectivity index (χ3v) is 5.73. The van der Waals surface area contributed by atoms with Gasteiger partial charge in [0.1, 0.15) is 5.52 Å². The summed E-state index contributed by atoms with van der Waals surface area (Å²) >= 11 is 0. The van der Waals surface area contributed by atoms with E-state index in [2.05, 4.69) is 49.8 Å². The van der Waals surface area contributed by atoms with Crippen LogP contribution in [0.25, 0.3) is 16.9 Å². The summed E-state index contributed by atoms with van der Waals surface area (Å²) in [6, 6.07) is 21.8. The number of aromatic nitrogens is 4. The van der Waals surface area contributed by atoms with Gasteiger partial charge >= 0.3 is 0 Å². The molecule has 0 unspecified atom stereocenters. The maximum atomic E-state index is 12.9. The zero-order valence-electron chi connectivity index (χ0n) is 17.2. The Hall–Kier alpha value is -3.58. The van der Waals surface area contributed by atoms with Crippen molar-refractivity contribution < 1.29 is 4.79 Å². The topological polar surface area (TPSA) is 75.9 Å². The number of carbonyl (C=O) groups is 1. The highest BCUT2D eigenvalue weighted by molar-refractivity contribution is 5.95. The summed E-state index contributed by atoms with van der Waals surface area (Å²) in [4.78, 5) is 19.7. The van der Waals surface area contributed by atoms with Gasteiger partial charge in [-0.15, -0.1) is 5.10 Å². The van der Waals surface area contributed by atoms with Crippen molar-refractivity contribution in [1.29, 1.82) is 0 Å². The van der Waals surface area contributed by atoms with Crippen LogP contribution < -0.4 is 5.32 Å². The van der Waals surface area contributed by atoms with Crippen LogP contribution in [0.1, 0.15) is 28.8 Å². The van der Waals surface area contributed by atoms with E-state index in [0.717, 1.165) is 43.7 Å². The first-order valence-corrected chi connectivity index (χ1v) is 10.6. The number of benzene rings is 2. The van der Waals surface area contributed by atoms with E-state index >= 15 is 0 Å². The Morgan fingerprint density at radius 1 is 1.00 bits per heavy atom. The van der Waals surface area contributed by atoms with Crippen molar-refractivity contribution in [3.8, 4) is 5.69 Å². The van der Waals surface area contributed by atoms with E-state index in [4.69, 9.17) is 0 Å². The Bertz CT molecular complexity index is 1180. The van der Waals surface area contributed by atoms with Gasteiger partial charge in [-0.1, -0.05) is 41.6 Å². The smallest absolute Gasteiger partial charge is 0.251 e. The van der Waals surface area contributed by atoms with Gasteiger partial charge in [-0.2, -0.15) is 4.68 Å². The highest BCUT2D eigenvalue weighted by Gasteiger charge is 2.21. The summed E-state index contributed by atoms with van der Waals surface area (Å²) in [5.41, 5.74) is 4.11. The summed E-state index contributed by atoms with van der Waals surface area (Å²) in [5.74, 6) is -0.0549. The molecule has 7 nitrogen and oxygen atoms in total. The van der Waals surface area contributed by atoms with Gasteiger partial charge in [0.05, 0.1) is 5.69 Å². The molecule has 5 rings (SSSR count). The van der Waals surface area contributed by atoms with Crippen molar-refractivity contribution in [2.24, 2.45) is 0 Å². The number of piperidine rings is 1. The molecule has 0 spiro atoms. The second-order valence-corrected chi connectivity index (χ2v) is 7.91. The minimum Gasteiger partial charge on any atom is -0.349 e. The summed E-state index contributed by atoms with van der Waals surface area (Å²) in [6.07, 6.45) is 3.62. The van der Waals surface area contributed by atoms with Crippen LogP contribution in [0.5, 0.6) is 0 Å². The zero-order chi connectivity index (χ0) is 21.0. The summed E-state index contributed by atoms with van der Waals surface area (Å²) < 4.78 is 1.66. The first-order valence-electron chi connectivity index (χ1n) is 10.6. The lowest BCUT2D eigenvalue weighted by Crippen LogP contribution is -2.44. The standard InChI is InChI=1S/C24H24N6O/c31-24(26-20-11-14-29(15-12-20)17-18-6-2-1-3-7-18)19-8-4-9-21(16-19)30-23-22(27-28-30)10-5-13-25-23/h1-10,13,16,20H,11-12,14-15,17H2,(H,26,31). The molecule has 156 valence electrons. The molecule has 0 aliphatic carbocycles. The van der Waals surface area contributed by atoms with Gasteiger partial charge in [-0.05, 0) is 48.7 Å². The summed E-state index contributed by atoms with van der Waals surface area (Å²) in [6.45, 7) is 2.93. The highest BCUT2D eigenvalue weighted by atomic mass is 16.1. The number of pyridine rings is 1. The molecule has 1 aliphatic heterocycles. The highest BCUT2D eigenvalue weighted by Crippen LogP contribution is 2.17. The number of carbonyl (C=O) groups excluding carboxylic acids is 1. The van der Waals surface area contributed by atoms with Crippen LogP contribution in [-0.4, -0.2) is 49.9 Å². The molecule has 4 aromatic rings. The van der Waals surface area contributed by atoms with Crippen molar-refractivity contribution >= 4 is 17.1 Å². The maximum absolute atomic E-state index is 12.9. The molecule has 1 fully saturated rings. The maximum Gasteiger partial charge on any atom is 0.251 e. The van der Waals surface area contributed by atoms with E-state index in [1.165, 1.54) is 5.56 Å². The number of likely N-dealkylation sites (tertiary alicyclic amines) is 1. The molecule has 0 saturated carbocycles. The first-order chi connectivity index (χ1) is 15.3. The molecule has 2 aromatic carbocycles. The van der Waals surface area contributed by atoms with Crippen LogP contribution in [0.4, 0.5) is 0 Å². The van der Waals surface area contributed by atoms with E-state index in [1.807, 2.05) is 42.5 Å². The lowest BCUT2D eigenvalue weighted by molar-refractivity contribution is 0.0909. The molecule has 7 heteroatoms. The monoisotopic (exact) mass is 412 g/mol. The first kappa shape index (κ1) is 19.4. The van der Waals surface area contributed by atoms with E-state index in [-0.39, 0.29) is 11.9 Å². The van der Waals surface area contributed by atoms with E-state index in [1.54, 1.807) is 10.9 Å². The molecular weight excluding hydrogens is 388 g/mol. The number of hydrogen-bond donors (Lipinski definition) is 1. The van der Waals surface area contributed by atoms with Gasteiger partial charge in [0.15, 0.2) is 5.65 Å². The molecular formula is C24H24N6O. The van der Waals surface area contributed by atoms with E-state index in [0.29, 0.717) is 11.2 Å². The third-order valence-electron chi connectivity index (χ3n) is 5.73. The number of amides is 1. The number of nitrogens with one attached hydrogen (secondary N) is 1. The lowest BCUT2D eigenvalue weighted by Gasteiger charge is -2.32. The normalized spacial score (nSPS) is 15.2. The predicted molar refractivity (Wildman–Crippen MR) is 119 cm³/mol. The Kier molecular flexibility index (Phi) is 5.41. The Morgan fingerprint density at radius 3 is 2.68 bits per heavy atom. The van der Waals surface area contributed by atoms with Gasteiger partial charge in [0.25, 0.3) is 5.91 Å². The molecule has 1 aliphatic rings. The van der Waals surface area contributed by atoms with Gasteiger partial charge in [-0.25, -0.2) is 4.98 Å². The van der Waals surface area contributed by atoms with Crippen LogP contribution in [0.15, 0.2) is 72.9 Å². The minimum absolute atomic E-state index is 0.0549. The summed E-state index contributed by atoms with van der Waals surface area (Å²) in [7, 11) is 0. The second kappa shape index (κ2) is 8.65. The predicted octanol–water partition coefficient (Wildman–Crippen LogP) is 3.21. The van der Waals surface area contributed by atoms with Crippen molar-refractivity contribution in [2.45, 2.75) is 25.4 Å². The van der Waals surface area contributed by atoms with Crippen molar-refractivity contribution in [3.63, 3.8) is 0 Å². The number of hydrogen-bond acceptors (Lipinski definition) is 5. The Morgan fingerprint density at radius 2 is 1.84 bits per heavy atom. The van der Waals surface area contributed by atoms with Gasteiger partial charge in [-0.3, -0.25) is 9.69 Å². The minimum atomic E-state index is -0.0549. The molecule has 31 heavy (non-hydrogen) atoms. The van der Waals surface area contributed by atoms with Crippen molar-refractivity contribution in [2.75, 3.05) is 13.1 Å². The van der Waals surface area contributed by atoms with Gasteiger partial charge < -0.3 is 5.32 Å². The number of rotatable bonds is 5. The largest absolute Gasteiger partial charge is 0.349 e. The quantitative estimate of drug-likeness (QED) is 0.545. The molecule has 1 saturated heterocycles. The van der Waals surface area contributed by atoms with E-state index in [9.17, 15) is 4.79 Å². The average Bonchev–Trinajstić information content (AvgIpc) is 3.25. The zero-order valence-corrected chi connectivity index (χ0v) is 17.2. The number of fused-ring (bicyclic) bond motifs is 1. The van der Waals surface area contributed by atoms with Crippen molar-refractivity contribution in [3.05, 3.63) is 84.1 Å². The van der Waals surface area contributed by atoms with Crippen molar-refractivity contribution in [1.82, 2.24) is 30.2 Å². The molecule has 3 heterocycles. The molecule has 0 atom stereocenters. The summed E-state index contributed by atoms with van der Waals surface area (Å²) in [5, 5.41) is 11.5. The second-order valence-electron chi connectivity index (χ2n) is 7.91. The Labute approximate surface area is 180 Å². The van der Waals surface area contributed by atoms with E-state index < -0.39 is 0 Å². The fourth-order valence-electron chi connectivity index (χ4n) is 4.06. The molecule has 1 N–H and O–H groups in total. The van der Waals surface area contributed by atoms with Gasteiger partial charge in [0.2, 0.25) is 0 Å². The lowest BCUT2D eigenvalue weighted by atomic mass is 10.0. The van der Waals surface area contributed by atoms with Crippen LogP contribution in [-0.2, 0) is 6.54 Å². The van der Waals surface area contributed by atoms with Gasteiger partial charge in [0, 0.05) is 37.4 Å².